The highest BCUT2D eigenvalue weighted by atomic mass is 35.5. The monoisotopic (exact) mass is 473 g/mol. The maximum atomic E-state index is 6.20. The summed E-state index contributed by atoms with van der Waals surface area (Å²) in [5.41, 5.74) is 11.5. The van der Waals surface area contributed by atoms with Crippen molar-refractivity contribution in [1.82, 2.24) is 19.5 Å². The zero-order chi connectivity index (χ0) is 24.5. The molecule has 176 valence electrons. The molecule has 1 unspecified atom stereocenters. The molecule has 0 spiro atoms. The van der Waals surface area contributed by atoms with Gasteiger partial charge in [0.15, 0.2) is 11.5 Å². The molecule has 0 amide bonds. The number of rotatable bonds is 4. The number of nitrogens with zero attached hydrogens (tertiary/aromatic N) is 4. The van der Waals surface area contributed by atoms with Crippen molar-refractivity contribution in [1.29, 1.82) is 0 Å². The Bertz CT molecular complexity index is 1270. The number of alkyl halides is 1. The van der Waals surface area contributed by atoms with Crippen molar-refractivity contribution in [3.05, 3.63) is 79.0 Å². The average molecular weight is 474 g/mol. The van der Waals surface area contributed by atoms with Crippen LogP contribution < -0.4 is 5.73 Å². The number of imidazole rings is 1. The van der Waals surface area contributed by atoms with Crippen LogP contribution in [0.1, 0.15) is 34.1 Å². The fourth-order valence-electron chi connectivity index (χ4n) is 3.69. The zero-order valence-corrected chi connectivity index (χ0v) is 21.0. The molecule has 34 heavy (non-hydrogen) atoms. The molecular weight excluding hydrogens is 442 g/mol. The number of nitrogens with two attached hydrogens (primary N) is 1. The summed E-state index contributed by atoms with van der Waals surface area (Å²) in [6.45, 7) is 8.00. The molecule has 1 aliphatic rings. The summed E-state index contributed by atoms with van der Waals surface area (Å²) in [5.74, 6) is 2.11. The Morgan fingerprint density at radius 3 is 2.38 bits per heavy atom. The quantitative estimate of drug-likeness (QED) is 0.312. The van der Waals surface area contributed by atoms with Crippen molar-refractivity contribution >= 4 is 34.3 Å². The molecule has 6 heteroatoms. The second kappa shape index (κ2) is 12.1. The molecule has 5 rings (SSSR count). The first-order valence-electron chi connectivity index (χ1n) is 11.8. The average Bonchev–Trinajstić information content (AvgIpc) is 3.30. The largest absolute Gasteiger partial charge is 0.383 e. The van der Waals surface area contributed by atoms with Gasteiger partial charge in [0.1, 0.15) is 11.3 Å². The normalized spacial score (nSPS) is 14.5. The Hall–Kier alpha value is -3.44. The third kappa shape index (κ3) is 5.20. The number of pyridine rings is 2. The van der Waals surface area contributed by atoms with Crippen molar-refractivity contribution in [3.63, 3.8) is 0 Å². The lowest BCUT2D eigenvalue weighted by atomic mass is 10.0. The van der Waals surface area contributed by atoms with E-state index in [4.69, 9.17) is 27.3 Å². The Morgan fingerprint density at radius 1 is 0.971 bits per heavy atom. The molecule has 1 aliphatic carbocycles. The number of hydrogen-bond acceptors (Lipinski definition) is 4. The summed E-state index contributed by atoms with van der Waals surface area (Å²) >= 11 is 6.05. The minimum absolute atomic E-state index is 0.338. The molecule has 0 radical (unpaired) electrons. The third-order valence-electron chi connectivity index (χ3n) is 5.28. The molecule has 1 atom stereocenters. The van der Waals surface area contributed by atoms with E-state index in [0.29, 0.717) is 17.6 Å². The van der Waals surface area contributed by atoms with Gasteiger partial charge in [0, 0.05) is 23.3 Å². The number of allylic oxidation sites excluding steroid dienone is 4. The fraction of sp³-hybridized carbons (Fsp3) is 0.250. The molecule has 3 aromatic heterocycles. The summed E-state index contributed by atoms with van der Waals surface area (Å²) < 4.78 is 2.07. The topological polar surface area (TPSA) is 69.6 Å². The van der Waals surface area contributed by atoms with Crippen molar-refractivity contribution < 1.29 is 0 Å². The SMILES string of the molecule is CC.CC.Nc1ncccc1-c1nc2ccc(-c3ccccc3)nc2n1C1=CCC(CCl)C=C1. The van der Waals surface area contributed by atoms with Gasteiger partial charge in [0.25, 0.3) is 0 Å². The van der Waals surface area contributed by atoms with E-state index in [1.807, 2.05) is 70.2 Å². The second-order valence-electron chi connectivity index (χ2n) is 7.25. The van der Waals surface area contributed by atoms with Crippen molar-refractivity contribution in [2.24, 2.45) is 5.92 Å². The first-order chi connectivity index (χ1) is 16.7. The Kier molecular flexibility index (Phi) is 9.00. The van der Waals surface area contributed by atoms with E-state index < -0.39 is 0 Å². The maximum Gasteiger partial charge on any atom is 0.165 e. The summed E-state index contributed by atoms with van der Waals surface area (Å²) in [6, 6.07) is 17.9. The van der Waals surface area contributed by atoms with Gasteiger partial charge >= 0.3 is 0 Å². The van der Waals surface area contributed by atoms with Crippen LogP contribution in [0.3, 0.4) is 0 Å². The van der Waals surface area contributed by atoms with E-state index in [9.17, 15) is 0 Å². The van der Waals surface area contributed by atoms with Crippen LogP contribution in [0.4, 0.5) is 5.82 Å². The predicted molar refractivity (Wildman–Crippen MR) is 146 cm³/mol. The smallest absolute Gasteiger partial charge is 0.165 e. The number of benzene rings is 1. The van der Waals surface area contributed by atoms with Gasteiger partial charge in [-0.3, -0.25) is 4.57 Å². The summed E-state index contributed by atoms with van der Waals surface area (Å²) in [4.78, 5) is 14.1. The van der Waals surface area contributed by atoms with Gasteiger partial charge in [-0.1, -0.05) is 70.2 Å². The van der Waals surface area contributed by atoms with Crippen LogP contribution >= 0.6 is 11.6 Å². The highest BCUT2D eigenvalue weighted by Gasteiger charge is 2.20. The number of anilines is 1. The number of halogens is 1. The fourth-order valence-corrected chi connectivity index (χ4v) is 3.92. The van der Waals surface area contributed by atoms with E-state index >= 15 is 0 Å². The number of aromatic nitrogens is 4. The van der Waals surface area contributed by atoms with Gasteiger partial charge < -0.3 is 5.73 Å². The van der Waals surface area contributed by atoms with Crippen LogP contribution in [0.25, 0.3) is 39.5 Å². The lowest BCUT2D eigenvalue weighted by molar-refractivity contribution is 0.742. The van der Waals surface area contributed by atoms with Gasteiger partial charge in [0.05, 0.1) is 11.3 Å². The molecule has 3 heterocycles. The molecule has 2 N–H and O–H groups in total. The lowest BCUT2D eigenvalue weighted by Crippen LogP contribution is -2.07. The predicted octanol–water partition coefficient (Wildman–Crippen LogP) is 7.45. The Labute approximate surface area is 207 Å². The summed E-state index contributed by atoms with van der Waals surface area (Å²) in [7, 11) is 0. The molecule has 5 nitrogen and oxygen atoms in total. The standard InChI is InChI=1S/C24H20ClN5.2C2H6/c25-15-16-8-10-18(11-9-16)30-23(19-7-4-14-27-22(19)26)29-21-13-12-20(28-24(21)30)17-5-2-1-3-6-17;2*1-2/h1-8,10-14,16H,9,15H2,(H2,26,27);2*1-2H3. The van der Waals surface area contributed by atoms with Crippen LogP contribution in [0.5, 0.6) is 0 Å². The molecule has 0 saturated carbocycles. The lowest BCUT2D eigenvalue weighted by Gasteiger charge is -2.17. The number of nitrogen functional groups attached to an aromatic ring is 1. The second-order valence-corrected chi connectivity index (χ2v) is 7.56. The van der Waals surface area contributed by atoms with Gasteiger partial charge in [-0.25, -0.2) is 15.0 Å². The molecule has 0 bridgehead atoms. The zero-order valence-electron chi connectivity index (χ0n) is 20.2. The molecule has 4 aromatic rings. The highest BCUT2D eigenvalue weighted by molar-refractivity contribution is 6.18. The van der Waals surface area contributed by atoms with Crippen LogP contribution in [-0.2, 0) is 0 Å². The van der Waals surface area contributed by atoms with E-state index in [1.54, 1.807) is 6.20 Å². The summed E-state index contributed by atoms with van der Waals surface area (Å²) in [5, 5.41) is 0. The van der Waals surface area contributed by atoms with Gasteiger partial charge in [-0.15, -0.1) is 11.6 Å². The molecule has 1 aromatic carbocycles. The first-order valence-corrected chi connectivity index (χ1v) is 12.4. The Morgan fingerprint density at radius 2 is 1.74 bits per heavy atom. The summed E-state index contributed by atoms with van der Waals surface area (Å²) in [6.07, 6.45) is 8.97. The van der Waals surface area contributed by atoms with E-state index in [2.05, 4.69) is 39.9 Å². The van der Waals surface area contributed by atoms with Gasteiger partial charge in [0.2, 0.25) is 0 Å². The van der Waals surface area contributed by atoms with Crippen LogP contribution in [-0.4, -0.2) is 25.4 Å². The van der Waals surface area contributed by atoms with Crippen LogP contribution in [0, 0.1) is 5.92 Å². The minimum Gasteiger partial charge on any atom is -0.383 e. The van der Waals surface area contributed by atoms with Gasteiger partial charge in [-0.05, 0) is 42.7 Å². The molecule has 0 aliphatic heterocycles. The van der Waals surface area contributed by atoms with Crippen molar-refractivity contribution in [3.8, 4) is 22.6 Å². The first kappa shape index (κ1) is 25.2. The van der Waals surface area contributed by atoms with Crippen LogP contribution in [0.15, 0.2) is 79.0 Å². The van der Waals surface area contributed by atoms with Crippen LogP contribution in [0.2, 0.25) is 0 Å². The number of hydrogen-bond donors (Lipinski definition) is 1. The Balaban J connectivity index is 0.000000771. The molecular formula is C28H32ClN5. The number of fused-ring (bicyclic) bond motifs is 1. The van der Waals surface area contributed by atoms with E-state index in [-0.39, 0.29) is 0 Å². The van der Waals surface area contributed by atoms with Gasteiger partial charge in [-0.2, -0.15) is 0 Å². The maximum absolute atomic E-state index is 6.20. The van der Waals surface area contributed by atoms with E-state index in [1.165, 1.54) is 0 Å². The minimum atomic E-state index is 0.338. The van der Waals surface area contributed by atoms with Crippen molar-refractivity contribution in [2.75, 3.05) is 11.6 Å². The molecule has 0 fully saturated rings. The van der Waals surface area contributed by atoms with Crippen molar-refractivity contribution in [2.45, 2.75) is 34.1 Å². The van der Waals surface area contributed by atoms with E-state index in [0.717, 1.165) is 45.9 Å². The molecule has 0 saturated heterocycles. The highest BCUT2D eigenvalue weighted by Crippen LogP contribution is 2.33. The third-order valence-corrected chi connectivity index (χ3v) is 5.68.